The number of ether oxygens (including phenoxy) is 1. The number of halogens is 1. The minimum absolute atomic E-state index is 0.246. The number of thiocarbonyl (C=S) groups is 1. The molecule has 26 heavy (non-hydrogen) atoms. The van der Waals surface area contributed by atoms with E-state index in [1.165, 1.54) is 0 Å². The molecule has 2 aromatic rings. The third kappa shape index (κ3) is 3.90. The molecule has 0 radical (unpaired) electrons. The number of carbonyl (C=O) groups is 2. The average molecular weight is 405 g/mol. The van der Waals surface area contributed by atoms with Crippen molar-refractivity contribution >= 4 is 57.8 Å². The van der Waals surface area contributed by atoms with E-state index in [9.17, 15) is 9.59 Å². The number of amides is 2. The van der Waals surface area contributed by atoms with Gasteiger partial charge in [0.15, 0.2) is 4.32 Å². The first-order valence-corrected chi connectivity index (χ1v) is 9.07. The lowest BCUT2D eigenvalue weighted by molar-refractivity contribution is -0.123. The van der Waals surface area contributed by atoms with Gasteiger partial charge in [-0.2, -0.15) is 5.01 Å². The molecule has 1 saturated heterocycles. The summed E-state index contributed by atoms with van der Waals surface area (Å²) in [6.07, 6.45) is 1.71. The van der Waals surface area contributed by atoms with Crippen LogP contribution in [-0.4, -0.2) is 28.3 Å². The number of rotatable bonds is 4. The summed E-state index contributed by atoms with van der Waals surface area (Å²) < 4.78 is 5.36. The Kier molecular flexibility index (Phi) is 5.61. The van der Waals surface area contributed by atoms with Crippen molar-refractivity contribution in [2.75, 3.05) is 7.11 Å². The van der Waals surface area contributed by atoms with Gasteiger partial charge in [0.25, 0.3) is 11.8 Å². The van der Waals surface area contributed by atoms with E-state index in [0.717, 1.165) is 28.1 Å². The van der Waals surface area contributed by atoms with Crippen LogP contribution in [0.15, 0.2) is 53.4 Å². The van der Waals surface area contributed by atoms with Crippen molar-refractivity contribution in [2.45, 2.75) is 0 Å². The topological polar surface area (TPSA) is 58.6 Å². The molecular formula is C18H13ClN2O3S2. The summed E-state index contributed by atoms with van der Waals surface area (Å²) in [6, 6.07) is 13.8. The zero-order valence-electron chi connectivity index (χ0n) is 13.6. The van der Waals surface area contributed by atoms with Crippen LogP contribution in [0.3, 0.4) is 0 Å². The van der Waals surface area contributed by atoms with Crippen molar-refractivity contribution in [1.82, 2.24) is 10.4 Å². The van der Waals surface area contributed by atoms with Gasteiger partial charge in [0.05, 0.1) is 22.6 Å². The van der Waals surface area contributed by atoms with E-state index in [4.69, 9.17) is 28.6 Å². The molecule has 0 unspecified atom stereocenters. The molecule has 0 aromatic heterocycles. The van der Waals surface area contributed by atoms with Crippen LogP contribution in [0.1, 0.15) is 15.9 Å². The summed E-state index contributed by atoms with van der Waals surface area (Å²) in [6.45, 7) is 0. The van der Waals surface area contributed by atoms with Gasteiger partial charge in [-0.15, -0.1) is 0 Å². The fourth-order valence-electron chi connectivity index (χ4n) is 2.22. The highest BCUT2D eigenvalue weighted by Crippen LogP contribution is 2.32. The maximum atomic E-state index is 12.6. The number of thioether (sulfide) groups is 1. The molecule has 0 aliphatic carbocycles. The number of hydrazine groups is 1. The Bertz CT molecular complexity index is 913. The van der Waals surface area contributed by atoms with Crippen molar-refractivity contribution in [1.29, 1.82) is 0 Å². The van der Waals surface area contributed by atoms with Gasteiger partial charge in [-0.05, 0) is 48.1 Å². The van der Waals surface area contributed by atoms with Gasteiger partial charge in [-0.25, -0.2) is 0 Å². The summed E-state index contributed by atoms with van der Waals surface area (Å²) in [5.41, 5.74) is 3.60. The highest BCUT2D eigenvalue weighted by atomic mass is 35.5. The summed E-state index contributed by atoms with van der Waals surface area (Å²) in [7, 11) is 1.59. The third-order valence-electron chi connectivity index (χ3n) is 3.54. The minimum Gasteiger partial charge on any atom is -0.497 e. The molecule has 0 bridgehead atoms. The second-order valence-corrected chi connectivity index (χ2v) is 7.29. The van der Waals surface area contributed by atoms with E-state index in [1.54, 1.807) is 49.6 Å². The highest BCUT2D eigenvalue weighted by molar-refractivity contribution is 8.26. The van der Waals surface area contributed by atoms with Crippen LogP contribution >= 0.6 is 35.6 Å². The van der Waals surface area contributed by atoms with Gasteiger partial charge < -0.3 is 4.74 Å². The van der Waals surface area contributed by atoms with E-state index >= 15 is 0 Å². The van der Waals surface area contributed by atoms with Crippen molar-refractivity contribution in [3.05, 3.63) is 69.6 Å². The first-order valence-electron chi connectivity index (χ1n) is 7.47. The van der Waals surface area contributed by atoms with Crippen LogP contribution in [0.2, 0.25) is 5.02 Å². The predicted octanol–water partition coefficient (Wildman–Crippen LogP) is 3.89. The number of hydrogen-bond acceptors (Lipinski definition) is 5. The maximum Gasteiger partial charge on any atom is 0.285 e. The summed E-state index contributed by atoms with van der Waals surface area (Å²) >= 11 is 12.3. The number of methoxy groups -OCH3 is 1. The molecule has 0 atom stereocenters. The van der Waals surface area contributed by atoms with Gasteiger partial charge in [0, 0.05) is 0 Å². The zero-order chi connectivity index (χ0) is 18.7. The number of carbonyl (C=O) groups excluding carboxylic acids is 2. The Morgan fingerprint density at radius 1 is 1.23 bits per heavy atom. The van der Waals surface area contributed by atoms with Gasteiger partial charge in [0.1, 0.15) is 5.75 Å². The number of hydrogen-bond donors (Lipinski definition) is 1. The van der Waals surface area contributed by atoms with E-state index < -0.39 is 11.8 Å². The van der Waals surface area contributed by atoms with Crippen LogP contribution in [0.4, 0.5) is 0 Å². The van der Waals surface area contributed by atoms with Crippen LogP contribution in [0.25, 0.3) is 6.08 Å². The molecule has 2 aromatic carbocycles. The average Bonchev–Trinajstić information content (AvgIpc) is 2.90. The van der Waals surface area contributed by atoms with Crippen molar-refractivity contribution in [3.63, 3.8) is 0 Å². The molecule has 1 N–H and O–H groups in total. The summed E-state index contributed by atoms with van der Waals surface area (Å²) in [5.74, 6) is -0.171. The van der Waals surface area contributed by atoms with Gasteiger partial charge in [0.2, 0.25) is 0 Å². The monoisotopic (exact) mass is 404 g/mol. The van der Waals surface area contributed by atoms with Gasteiger partial charge in [-0.1, -0.05) is 47.6 Å². The quantitative estimate of drug-likeness (QED) is 0.618. The van der Waals surface area contributed by atoms with Crippen LogP contribution in [-0.2, 0) is 4.79 Å². The molecule has 1 fully saturated rings. The first-order chi connectivity index (χ1) is 12.5. The van der Waals surface area contributed by atoms with Crippen LogP contribution < -0.4 is 10.2 Å². The minimum atomic E-state index is -0.502. The predicted molar refractivity (Wildman–Crippen MR) is 107 cm³/mol. The zero-order valence-corrected chi connectivity index (χ0v) is 16.0. The van der Waals surface area contributed by atoms with Crippen LogP contribution in [0.5, 0.6) is 5.75 Å². The lowest BCUT2D eigenvalue weighted by atomic mass is 10.2. The second kappa shape index (κ2) is 7.90. The Labute approximate surface area is 164 Å². The lowest BCUT2D eigenvalue weighted by Gasteiger charge is -2.16. The van der Waals surface area contributed by atoms with Crippen molar-refractivity contribution in [2.24, 2.45) is 0 Å². The van der Waals surface area contributed by atoms with Gasteiger partial charge in [-0.3, -0.25) is 15.0 Å². The first kappa shape index (κ1) is 18.4. The molecule has 132 valence electrons. The summed E-state index contributed by atoms with van der Waals surface area (Å²) in [4.78, 5) is 25.3. The second-order valence-electron chi connectivity index (χ2n) is 5.21. The molecule has 0 spiro atoms. The Morgan fingerprint density at radius 3 is 2.58 bits per heavy atom. The smallest absolute Gasteiger partial charge is 0.285 e. The van der Waals surface area contributed by atoms with E-state index in [-0.39, 0.29) is 9.88 Å². The number of benzene rings is 2. The number of nitrogens with one attached hydrogen (secondary N) is 1. The molecule has 2 amide bonds. The fourth-order valence-corrected chi connectivity index (χ4v) is 3.62. The largest absolute Gasteiger partial charge is 0.497 e. The molecule has 1 heterocycles. The van der Waals surface area contributed by atoms with E-state index in [0.29, 0.717) is 9.93 Å². The normalized spacial score (nSPS) is 15.5. The Hall–Kier alpha value is -2.35. The van der Waals surface area contributed by atoms with Gasteiger partial charge >= 0.3 is 0 Å². The maximum absolute atomic E-state index is 12.6. The molecular weight excluding hydrogens is 392 g/mol. The molecule has 5 nitrogen and oxygen atoms in total. The molecule has 1 aliphatic rings. The molecule has 1 aliphatic heterocycles. The highest BCUT2D eigenvalue weighted by Gasteiger charge is 2.34. The van der Waals surface area contributed by atoms with E-state index in [2.05, 4.69) is 5.43 Å². The number of nitrogens with zero attached hydrogens (tertiary/aromatic N) is 1. The van der Waals surface area contributed by atoms with Crippen LogP contribution in [0, 0.1) is 0 Å². The Balaban J connectivity index is 1.77. The molecule has 8 heteroatoms. The molecule has 3 rings (SSSR count). The Morgan fingerprint density at radius 2 is 1.92 bits per heavy atom. The standard InChI is InChI=1S/C18H13ClN2O3S2/c1-24-12-8-6-11(7-9-12)10-15-17(23)21(18(25)26-15)20-16(22)13-4-2-3-5-14(13)19/h2-10H,1H3,(H,20,22)/b15-10+. The van der Waals surface area contributed by atoms with Crippen molar-refractivity contribution < 1.29 is 14.3 Å². The van der Waals surface area contributed by atoms with E-state index in [1.807, 2.05) is 12.1 Å². The molecule has 0 saturated carbocycles. The fraction of sp³-hybridized carbons (Fsp3) is 0.0556. The SMILES string of the molecule is COc1ccc(/C=C2/SC(=S)N(NC(=O)c3ccccc3Cl)C2=O)cc1. The van der Waals surface area contributed by atoms with Crippen molar-refractivity contribution in [3.8, 4) is 5.75 Å². The lowest BCUT2D eigenvalue weighted by Crippen LogP contribution is -2.44. The third-order valence-corrected chi connectivity index (χ3v) is 5.17. The summed E-state index contributed by atoms with van der Waals surface area (Å²) in [5, 5.41) is 1.35.